The summed E-state index contributed by atoms with van der Waals surface area (Å²) >= 11 is 0. The van der Waals surface area contributed by atoms with Crippen LogP contribution in [0, 0.1) is 29.9 Å². The highest BCUT2D eigenvalue weighted by Gasteiger charge is 2.26. The lowest BCUT2D eigenvalue weighted by Gasteiger charge is -2.32. The van der Waals surface area contributed by atoms with E-state index in [1.807, 2.05) is 19.9 Å². The number of anilines is 1. The van der Waals surface area contributed by atoms with Crippen LogP contribution in [0.3, 0.4) is 0 Å². The first-order chi connectivity index (χ1) is 9.52. The summed E-state index contributed by atoms with van der Waals surface area (Å²) in [6, 6.07) is 3.78. The van der Waals surface area contributed by atoms with Gasteiger partial charge in [-0.15, -0.1) is 0 Å². The Balaban J connectivity index is 2.27. The molecule has 1 saturated carbocycles. The molecule has 110 valence electrons. The van der Waals surface area contributed by atoms with Gasteiger partial charge in [0.05, 0.1) is 4.92 Å². The number of nitrogens with one attached hydrogen (secondary N) is 1. The Morgan fingerprint density at radius 3 is 2.60 bits per heavy atom. The molecule has 2 atom stereocenters. The molecule has 20 heavy (non-hydrogen) atoms. The summed E-state index contributed by atoms with van der Waals surface area (Å²) in [4.78, 5) is 10.9. The number of benzene rings is 1. The molecule has 1 aliphatic carbocycles. The zero-order valence-electron chi connectivity index (χ0n) is 12.2. The molecule has 0 amide bonds. The Morgan fingerprint density at radius 1 is 1.30 bits per heavy atom. The highest BCUT2D eigenvalue weighted by atomic mass is 16.6. The minimum Gasteiger partial charge on any atom is -0.376 e. The fourth-order valence-corrected chi connectivity index (χ4v) is 2.95. The van der Waals surface area contributed by atoms with Crippen LogP contribution in [0.2, 0.25) is 0 Å². The number of nitrogens with two attached hydrogens (primary N) is 1. The second-order valence-corrected chi connectivity index (χ2v) is 5.74. The Morgan fingerprint density at radius 2 is 1.95 bits per heavy atom. The average Bonchev–Trinajstić information content (AvgIpc) is 2.43. The van der Waals surface area contributed by atoms with E-state index >= 15 is 0 Å². The number of nitro benzene ring substituents is 1. The maximum Gasteiger partial charge on any atom is 0.292 e. The van der Waals surface area contributed by atoms with E-state index in [2.05, 4.69) is 5.32 Å². The first-order valence-electron chi connectivity index (χ1n) is 7.25. The molecule has 0 saturated heterocycles. The van der Waals surface area contributed by atoms with Crippen molar-refractivity contribution < 1.29 is 4.92 Å². The number of hydrogen-bond donors (Lipinski definition) is 2. The largest absolute Gasteiger partial charge is 0.376 e. The summed E-state index contributed by atoms with van der Waals surface area (Å²) < 4.78 is 0. The number of hydrogen-bond acceptors (Lipinski definition) is 4. The van der Waals surface area contributed by atoms with Crippen LogP contribution >= 0.6 is 0 Å². The van der Waals surface area contributed by atoms with E-state index in [1.54, 1.807) is 6.07 Å². The molecule has 0 bridgehead atoms. The van der Waals surface area contributed by atoms with Crippen molar-refractivity contribution >= 4 is 11.4 Å². The van der Waals surface area contributed by atoms with Crippen molar-refractivity contribution in [2.24, 2.45) is 11.7 Å². The van der Waals surface area contributed by atoms with Crippen LogP contribution in [-0.2, 0) is 0 Å². The van der Waals surface area contributed by atoms with E-state index in [9.17, 15) is 10.1 Å². The van der Waals surface area contributed by atoms with Gasteiger partial charge in [0.2, 0.25) is 0 Å². The first-order valence-corrected chi connectivity index (χ1v) is 7.25. The van der Waals surface area contributed by atoms with Crippen molar-refractivity contribution in [3.05, 3.63) is 33.4 Å². The van der Waals surface area contributed by atoms with Gasteiger partial charge in [-0.25, -0.2) is 0 Å². The fraction of sp³-hybridized carbons (Fsp3) is 0.600. The molecule has 0 aliphatic heterocycles. The van der Waals surface area contributed by atoms with Crippen molar-refractivity contribution in [1.29, 1.82) is 0 Å². The maximum atomic E-state index is 11.2. The lowest BCUT2D eigenvalue weighted by Crippen LogP contribution is -2.36. The summed E-state index contributed by atoms with van der Waals surface area (Å²) in [6.45, 7) is 4.51. The Kier molecular flexibility index (Phi) is 4.60. The monoisotopic (exact) mass is 277 g/mol. The first kappa shape index (κ1) is 14.8. The van der Waals surface area contributed by atoms with E-state index in [4.69, 9.17) is 5.73 Å². The molecule has 0 spiro atoms. The summed E-state index contributed by atoms with van der Waals surface area (Å²) in [6.07, 6.45) is 4.50. The van der Waals surface area contributed by atoms with Gasteiger partial charge >= 0.3 is 0 Å². The second kappa shape index (κ2) is 6.22. The summed E-state index contributed by atoms with van der Waals surface area (Å²) in [5.74, 6) is 0.407. The molecule has 0 aromatic heterocycles. The van der Waals surface area contributed by atoms with Gasteiger partial charge in [0.1, 0.15) is 5.69 Å². The molecule has 0 radical (unpaired) electrons. The Labute approximate surface area is 119 Å². The SMILES string of the molecule is Cc1cc(NC2CCCCC2CN)c([N+](=O)[O-])cc1C. The third kappa shape index (κ3) is 3.10. The number of nitro groups is 1. The van der Waals surface area contributed by atoms with Gasteiger partial charge < -0.3 is 11.1 Å². The van der Waals surface area contributed by atoms with Gasteiger partial charge in [-0.1, -0.05) is 12.8 Å². The van der Waals surface area contributed by atoms with Crippen LogP contribution in [0.15, 0.2) is 12.1 Å². The minimum atomic E-state index is -0.310. The van der Waals surface area contributed by atoms with Crippen LogP contribution in [-0.4, -0.2) is 17.5 Å². The fourth-order valence-electron chi connectivity index (χ4n) is 2.95. The molecule has 2 rings (SSSR count). The Bertz CT molecular complexity index is 502. The molecular formula is C15H23N3O2. The molecule has 1 aromatic rings. The number of rotatable bonds is 4. The predicted molar refractivity (Wildman–Crippen MR) is 81.0 cm³/mol. The molecule has 5 nitrogen and oxygen atoms in total. The van der Waals surface area contributed by atoms with Crippen molar-refractivity contribution in [2.75, 3.05) is 11.9 Å². The normalized spacial score (nSPS) is 22.6. The van der Waals surface area contributed by atoms with Crippen molar-refractivity contribution in [1.82, 2.24) is 0 Å². The molecule has 1 aromatic carbocycles. The van der Waals surface area contributed by atoms with Crippen LogP contribution in [0.1, 0.15) is 36.8 Å². The topological polar surface area (TPSA) is 81.2 Å². The highest BCUT2D eigenvalue weighted by Crippen LogP contribution is 2.32. The second-order valence-electron chi connectivity index (χ2n) is 5.74. The van der Waals surface area contributed by atoms with Crippen molar-refractivity contribution in [2.45, 2.75) is 45.6 Å². The summed E-state index contributed by atoms with van der Waals surface area (Å²) in [7, 11) is 0. The summed E-state index contributed by atoms with van der Waals surface area (Å²) in [5.41, 5.74) is 8.63. The Hall–Kier alpha value is -1.62. The van der Waals surface area contributed by atoms with Crippen LogP contribution in [0.4, 0.5) is 11.4 Å². The molecule has 2 unspecified atom stereocenters. The van der Waals surface area contributed by atoms with Gasteiger partial charge in [-0.05, 0) is 56.3 Å². The smallest absolute Gasteiger partial charge is 0.292 e. The quantitative estimate of drug-likeness (QED) is 0.654. The predicted octanol–water partition coefficient (Wildman–Crippen LogP) is 3.14. The molecule has 1 aliphatic rings. The van der Waals surface area contributed by atoms with Gasteiger partial charge in [-0.3, -0.25) is 10.1 Å². The van der Waals surface area contributed by atoms with E-state index < -0.39 is 0 Å². The minimum absolute atomic E-state index is 0.162. The third-order valence-electron chi connectivity index (χ3n) is 4.36. The molecule has 1 fully saturated rings. The number of aryl methyl sites for hydroxylation is 2. The van der Waals surface area contributed by atoms with E-state index in [1.165, 1.54) is 6.42 Å². The zero-order valence-corrected chi connectivity index (χ0v) is 12.2. The third-order valence-corrected chi connectivity index (χ3v) is 4.36. The highest BCUT2D eigenvalue weighted by molar-refractivity contribution is 5.65. The average molecular weight is 277 g/mol. The van der Waals surface area contributed by atoms with Gasteiger partial charge in [-0.2, -0.15) is 0 Å². The summed E-state index contributed by atoms with van der Waals surface area (Å²) in [5, 5.41) is 14.6. The van der Waals surface area contributed by atoms with Gasteiger partial charge in [0, 0.05) is 12.1 Å². The standard InChI is InChI=1S/C15H23N3O2/c1-10-7-14(15(18(19)20)8-11(10)2)17-13-6-4-3-5-12(13)9-16/h7-8,12-13,17H,3-6,9,16H2,1-2H3. The number of nitrogens with zero attached hydrogens (tertiary/aromatic N) is 1. The van der Waals surface area contributed by atoms with Crippen LogP contribution in [0.25, 0.3) is 0 Å². The molecule has 0 heterocycles. The van der Waals surface area contributed by atoms with E-state index in [-0.39, 0.29) is 16.7 Å². The van der Waals surface area contributed by atoms with Crippen molar-refractivity contribution in [3.63, 3.8) is 0 Å². The van der Waals surface area contributed by atoms with Gasteiger partial charge in [0.15, 0.2) is 0 Å². The molecular weight excluding hydrogens is 254 g/mol. The van der Waals surface area contributed by atoms with E-state index in [0.29, 0.717) is 18.2 Å². The maximum absolute atomic E-state index is 11.2. The van der Waals surface area contributed by atoms with Crippen LogP contribution < -0.4 is 11.1 Å². The lowest BCUT2D eigenvalue weighted by atomic mass is 9.84. The van der Waals surface area contributed by atoms with Crippen LogP contribution in [0.5, 0.6) is 0 Å². The van der Waals surface area contributed by atoms with Gasteiger partial charge in [0.25, 0.3) is 5.69 Å². The zero-order chi connectivity index (χ0) is 14.7. The van der Waals surface area contributed by atoms with Crippen molar-refractivity contribution in [3.8, 4) is 0 Å². The lowest BCUT2D eigenvalue weighted by molar-refractivity contribution is -0.384. The van der Waals surface area contributed by atoms with E-state index in [0.717, 1.165) is 30.4 Å². The molecule has 5 heteroatoms. The molecule has 3 N–H and O–H groups in total.